The highest BCUT2D eigenvalue weighted by molar-refractivity contribution is 6.02. The molecule has 4 heteroatoms. The molecule has 0 saturated heterocycles. The fraction of sp³-hybridized carbons (Fsp3) is 0.222. The Morgan fingerprint density at radius 3 is 2.05 bits per heavy atom. The van der Waals surface area contributed by atoms with E-state index in [0.717, 1.165) is 5.69 Å². The first kappa shape index (κ1) is 15.8. The molecule has 114 valence electrons. The van der Waals surface area contributed by atoms with Gasteiger partial charge in [-0.1, -0.05) is 18.2 Å². The molecule has 2 aromatic rings. The summed E-state index contributed by atoms with van der Waals surface area (Å²) in [4.78, 5) is 25.5. The maximum Gasteiger partial charge on any atom is 0.326 e. The molecule has 4 nitrogen and oxygen atoms in total. The van der Waals surface area contributed by atoms with Crippen molar-refractivity contribution in [3.05, 3.63) is 60.2 Å². The van der Waals surface area contributed by atoms with Crippen LogP contribution in [0.5, 0.6) is 0 Å². The lowest BCUT2D eigenvalue weighted by atomic mass is 10.1. The molecule has 1 N–H and O–H groups in total. The molecule has 0 bridgehead atoms. The summed E-state index contributed by atoms with van der Waals surface area (Å²) >= 11 is 0. The van der Waals surface area contributed by atoms with Crippen LogP contribution in [-0.2, 0) is 0 Å². The van der Waals surface area contributed by atoms with Crippen LogP contribution < -0.4 is 10.2 Å². The first-order valence-electron chi connectivity index (χ1n) is 7.25. The van der Waals surface area contributed by atoms with Gasteiger partial charge in [0.2, 0.25) is 0 Å². The van der Waals surface area contributed by atoms with Crippen LogP contribution in [-0.4, -0.2) is 17.9 Å². The van der Waals surface area contributed by atoms with Gasteiger partial charge < -0.3 is 5.32 Å². The number of ketones is 1. The molecule has 0 fully saturated rings. The number of anilines is 2. The summed E-state index contributed by atoms with van der Waals surface area (Å²) in [5.41, 5.74) is 2.13. The van der Waals surface area contributed by atoms with E-state index in [4.69, 9.17) is 0 Å². The zero-order chi connectivity index (χ0) is 16.1. The van der Waals surface area contributed by atoms with Gasteiger partial charge in [0.15, 0.2) is 5.78 Å². The van der Waals surface area contributed by atoms with Gasteiger partial charge in [0.1, 0.15) is 0 Å². The molecule has 0 radical (unpaired) electrons. The topological polar surface area (TPSA) is 49.4 Å². The molecule has 0 saturated carbocycles. The number of carbonyl (C=O) groups excluding carboxylic acids is 2. The van der Waals surface area contributed by atoms with E-state index in [0.29, 0.717) is 11.3 Å². The normalized spacial score (nSPS) is 10.4. The minimum atomic E-state index is -0.197. The Morgan fingerprint density at radius 1 is 0.955 bits per heavy atom. The molecule has 2 aromatic carbocycles. The van der Waals surface area contributed by atoms with E-state index in [1.807, 2.05) is 44.2 Å². The minimum absolute atomic E-state index is 0.00553. The van der Waals surface area contributed by atoms with Crippen molar-refractivity contribution in [3.63, 3.8) is 0 Å². The lowest BCUT2D eigenvalue weighted by Gasteiger charge is -2.27. The number of hydrogen-bond acceptors (Lipinski definition) is 2. The fourth-order valence-corrected chi connectivity index (χ4v) is 2.21. The number of nitrogens with zero attached hydrogens (tertiary/aromatic N) is 1. The summed E-state index contributed by atoms with van der Waals surface area (Å²) < 4.78 is 0. The number of urea groups is 1. The zero-order valence-corrected chi connectivity index (χ0v) is 13.0. The Morgan fingerprint density at radius 2 is 1.55 bits per heavy atom. The highest BCUT2D eigenvalue weighted by atomic mass is 16.2. The highest BCUT2D eigenvalue weighted by Gasteiger charge is 2.18. The van der Waals surface area contributed by atoms with Crippen LogP contribution in [0.3, 0.4) is 0 Å². The first-order chi connectivity index (χ1) is 10.5. The molecule has 0 aliphatic rings. The largest absolute Gasteiger partial charge is 0.326 e. The van der Waals surface area contributed by atoms with Crippen LogP contribution in [0.25, 0.3) is 0 Å². The molecule has 0 heterocycles. The van der Waals surface area contributed by atoms with Crippen LogP contribution in [0.4, 0.5) is 16.2 Å². The predicted octanol–water partition coefficient (Wildman–Crippen LogP) is 4.34. The Labute approximate surface area is 130 Å². The summed E-state index contributed by atoms with van der Waals surface area (Å²) in [6, 6.07) is 16.2. The molecule has 0 spiro atoms. The van der Waals surface area contributed by atoms with Crippen molar-refractivity contribution in [3.8, 4) is 0 Å². The average Bonchev–Trinajstić information content (AvgIpc) is 2.48. The molecule has 0 aliphatic carbocycles. The molecule has 2 rings (SSSR count). The Bertz CT molecular complexity index is 649. The maximum absolute atomic E-state index is 12.5. The lowest BCUT2D eigenvalue weighted by molar-refractivity contribution is 0.101. The van der Waals surface area contributed by atoms with Gasteiger partial charge in [0.25, 0.3) is 0 Å². The zero-order valence-electron chi connectivity index (χ0n) is 13.0. The molecular weight excluding hydrogens is 276 g/mol. The van der Waals surface area contributed by atoms with E-state index >= 15 is 0 Å². The Kier molecular flexibility index (Phi) is 4.94. The van der Waals surface area contributed by atoms with Crippen molar-refractivity contribution in [2.24, 2.45) is 0 Å². The van der Waals surface area contributed by atoms with E-state index < -0.39 is 0 Å². The van der Waals surface area contributed by atoms with Gasteiger partial charge >= 0.3 is 6.03 Å². The number of hydrogen-bond donors (Lipinski definition) is 1. The fourth-order valence-electron chi connectivity index (χ4n) is 2.21. The van der Waals surface area contributed by atoms with Crippen LogP contribution in [0.1, 0.15) is 31.1 Å². The molecule has 0 aromatic heterocycles. The molecule has 0 unspecified atom stereocenters. The standard InChI is InChI=1S/C18H20N2O2/c1-13(2)20(17-7-5-4-6-8-17)18(22)19-16-11-9-15(10-12-16)14(3)21/h4-13H,1-3H3,(H,19,22). The predicted molar refractivity (Wildman–Crippen MR) is 89.5 cm³/mol. The third-order valence-electron chi connectivity index (χ3n) is 3.31. The van der Waals surface area contributed by atoms with Crippen molar-refractivity contribution < 1.29 is 9.59 Å². The van der Waals surface area contributed by atoms with E-state index in [-0.39, 0.29) is 17.9 Å². The third kappa shape index (κ3) is 3.73. The number of rotatable bonds is 4. The van der Waals surface area contributed by atoms with E-state index in [2.05, 4.69) is 5.32 Å². The van der Waals surface area contributed by atoms with E-state index in [1.54, 1.807) is 29.2 Å². The van der Waals surface area contributed by atoms with Crippen molar-refractivity contribution in [1.29, 1.82) is 0 Å². The Balaban J connectivity index is 2.16. The first-order valence-corrected chi connectivity index (χ1v) is 7.25. The van der Waals surface area contributed by atoms with Crippen LogP contribution >= 0.6 is 0 Å². The number of Topliss-reactive ketones (excluding diaryl/α,β-unsaturated/α-hetero) is 1. The molecular formula is C18H20N2O2. The summed E-state index contributed by atoms with van der Waals surface area (Å²) in [5, 5.41) is 2.86. The quantitative estimate of drug-likeness (QED) is 0.853. The second-order valence-corrected chi connectivity index (χ2v) is 5.36. The Hall–Kier alpha value is -2.62. The van der Waals surface area contributed by atoms with E-state index in [1.165, 1.54) is 6.92 Å². The number of para-hydroxylation sites is 1. The average molecular weight is 296 g/mol. The molecule has 22 heavy (non-hydrogen) atoms. The van der Waals surface area contributed by atoms with Crippen molar-refractivity contribution in [2.45, 2.75) is 26.8 Å². The number of nitrogens with one attached hydrogen (secondary N) is 1. The SMILES string of the molecule is CC(=O)c1ccc(NC(=O)N(c2ccccc2)C(C)C)cc1. The number of amides is 2. The summed E-state index contributed by atoms with van der Waals surface area (Å²) in [7, 11) is 0. The van der Waals surface area contributed by atoms with Gasteiger partial charge in [-0.25, -0.2) is 4.79 Å². The highest BCUT2D eigenvalue weighted by Crippen LogP contribution is 2.19. The lowest BCUT2D eigenvalue weighted by Crippen LogP contribution is -2.40. The van der Waals surface area contributed by atoms with Gasteiger partial charge in [-0.15, -0.1) is 0 Å². The van der Waals surface area contributed by atoms with Crippen LogP contribution in [0, 0.1) is 0 Å². The minimum Gasteiger partial charge on any atom is -0.308 e. The monoisotopic (exact) mass is 296 g/mol. The van der Waals surface area contributed by atoms with Gasteiger partial charge in [-0.3, -0.25) is 9.69 Å². The molecule has 0 aliphatic heterocycles. The second-order valence-electron chi connectivity index (χ2n) is 5.36. The van der Waals surface area contributed by atoms with Crippen molar-refractivity contribution >= 4 is 23.2 Å². The van der Waals surface area contributed by atoms with Gasteiger partial charge in [0, 0.05) is 23.0 Å². The van der Waals surface area contributed by atoms with Crippen LogP contribution in [0.2, 0.25) is 0 Å². The van der Waals surface area contributed by atoms with Gasteiger partial charge in [-0.2, -0.15) is 0 Å². The third-order valence-corrected chi connectivity index (χ3v) is 3.31. The maximum atomic E-state index is 12.5. The van der Waals surface area contributed by atoms with E-state index in [9.17, 15) is 9.59 Å². The van der Waals surface area contributed by atoms with Crippen molar-refractivity contribution in [2.75, 3.05) is 10.2 Å². The van der Waals surface area contributed by atoms with Gasteiger partial charge in [-0.05, 0) is 57.2 Å². The number of benzene rings is 2. The smallest absolute Gasteiger partial charge is 0.308 e. The summed E-state index contributed by atoms with van der Waals surface area (Å²) in [6.07, 6.45) is 0. The molecule has 0 atom stereocenters. The number of carbonyl (C=O) groups is 2. The van der Waals surface area contributed by atoms with Gasteiger partial charge in [0.05, 0.1) is 0 Å². The van der Waals surface area contributed by atoms with Crippen LogP contribution in [0.15, 0.2) is 54.6 Å². The molecule has 2 amide bonds. The summed E-state index contributed by atoms with van der Waals surface area (Å²) in [6.45, 7) is 5.44. The summed E-state index contributed by atoms with van der Waals surface area (Å²) in [5.74, 6) is 0.00553. The second kappa shape index (κ2) is 6.89. The van der Waals surface area contributed by atoms with Crippen molar-refractivity contribution in [1.82, 2.24) is 0 Å².